The molecule has 0 spiro atoms. The fraction of sp³-hybridized carbons (Fsp3) is 0.111. The van der Waals surface area contributed by atoms with Crippen molar-refractivity contribution >= 4 is 17.6 Å². The molecule has 0 radical (unpaired) electrons. The molecule has 0 saturated carbocycles. The standard InChI is InChI=1S/C9H11N3O3/c1-5-2-3-6(8(10)12-15)4-7(5)11-9(13)14/h2-4,11,15H,1H3,(H2,10,12)(H,13,14). The zero-order valence-corrected chi connectivity index (χ0v) is 8.06. The number of carboxylic acid groups (broad SMARTS) is 1. The molecule has 0 atom stereocenters. The summed E-state index contributed by atoms with van der Waals surface area (Å²) in [5, 5.41) is 22.1. The molecule has 1 aromatic rings. The van der Waals surface area contributed by atoms with E-state index in [1.54, 1.807) is 19.1 Å². The molecule has 0 aliphatic rings. The number of nitrogens with one attached hydrogen (secondary N) is 1. The minimum Gasteiger partial charge on any atom is -0.465 e. The van der Waals surface area contributed by atoms with E-state index in [0.29, 0.717) is 11.3 Å². The van der Waals surface area contributed by atoms with Gasteiger partial charge in [-0.1, -0.05) is 17.3 Å². The van der Waals surface area contributed by atoms with Gasteiger partial charge in [0, 0.05) is 11.3 Å². The van der Waals surface area contributed by atoms with E-state index in [1.807, 2.05) is 0 Å². The number of nitrogens with two attached hydrogens (primary N) is 1. The Bertz CT molecular complexity index is 415. The lowest BCUT2D eigenvalue weighted by Gasteiger charge is -2.07. The lowest BCUT2D eigenvalue weighted by Crippen LogP contribution is -2.15. The van der Waals surface area contributed by atoms with Crippen LogP contribution in [0.1, 0.15) is 11.1 Å². The van der Waals surface area contributed by atoms with Crippen LogP contribution in [-0.2, 0) is 0 Å². The van der Waals surface area contributed by atoms with Crippen LogP contribution in [0.3, 0.4) is 0 Å². The van der Waals surface area contributed by atoms with Gasteiger partial charge in [-0.2, -0.15) is 0 Å². The van der Waals surface area contributed by atoms with Crippen molar-refractivity contribution in [1.82, 2.24) is 0 Å². The number of hydrogen-bond donors (Lipinski definition) is 4. The molecule has 0 saturated heterocycles. The molecule has 1 amide bonds. The maximum absolute atomic E-state index is 10.4. The van der Waals surface area contributed by atoms with Crippen molar-refractivity contribution in [2.75, 3.05) is 5.32 Å². The molecule has 0 fully saturated rings. The smallest absolute Gasteiger partial charge is 0.409 e. The van der Waals surface area contributed by atoms with Crippen LogP contribution >= 0.6 is 0 Å². The lowest BCUT2D eigenvalue weighted by molar-refractivity contribution is 0.209. The first-order valence-corrected chi connectivity index (χ1v) is 4.13. The summed E-state index contributed by atoms with van der Waals surface area (Å²) in [6, 6.07) is 4.81. The monoisotopic (exact) mass is 209 g/mol. The van der Waals surface area contributed by atoms with Crippen LogP contribution in [0.15, 0.2) is 23.4 Å². The Balaban J connectivity index is 3.10. The zero-order valence-electron chi connectivity index (χ0n) is 8.06. The molecule has 80 valence electrons. The van der Waals surface area contributed by atoms with Gasteiger partial charge in [0.1, 0.15) is 0 Å². The van der Waals surface area contributed by atoms with E-state index in [4.69, 9.17) is 16.0 Å². The number of benzene rings is 1. The molecule has 0 aliphatic carbocycles. The average molecular weight is 209 g/mol. The molecule has 1 rings (SSSR count). The molecule has 0 heterocycles. The Kier molecular flexibility index (Phi) is 3.12. The molecular weight excluding hydrogens is 198 g/mol. The van der Waals surface area contributed by atoms with E-state index in [1.165, 1.54) is 6.07 Å². The molecule has 6 heteroatoms. The van der Waals surface area contributed by atoms with Gasteiger partial charge >= 0.3 is 6.09 Å². The highest BCUT2D eigenvalue weighted by molar-refractivity contribution is 5.98. The van der Waals surface area contributed by atoms with Gasteiger partial charge in [-0.3, -0.25) is 5.32 Å². The Labute approximate surface area is 86.0 Å². The topological polar surface area (TPSA) is 108 Å². The third-order valence-corrected chi connectivity index (χ3v) is 1.88. The number of rotatable bonds is 2. The highest BCUT2D eigenvalue weighted by Gasteiger charge is 2.05. The number of anilines is 1. The van der Waals surface area contributed by atoms with Gasteiger partial charge in [0.15, 0.2) is 5.84 Å². The van der Waals surface area contributed by atoms with Crippen molar-refractivity contribution in [3.8, 4) is 0 Å². The Morgan fingerprint density at radius 1 is 1.53 bits per heavy atom. The third kappa shape index (κ3) is 2.60. The minimum atomic E-state index is -1.16. The fourth-order valence-electron chi connectivity index (χ4n) is 1.09. The average Bonchev–Trinajstić information content (AvgIpc) is 2.19. The van der Waals surface area contributed by atoms with Crippen molar-refractivity contribution in [3.63, 3.8) is 0 Å². The molecule has 0 aromatic heterocycles. The van der Waals surface area contributed by atoms with Crippen molar-refractivity contribution in [2.45, 2.75) is 6.92 Å². The highest BCUT2D eigenvalue weighted by Crippen LogP contribution is 2.16. The summed E-state index contributed by atoms with van der Waals surface area (Å²) in [4.78, 5) is 10.4. The largest absolute Gasteiger partial charge is 0.465 e. The number of aryl methyl sites for hydroxylation is 1. The number of nitrogens with zero attached hydrogens (tertiary/aromatic N) is 1. The van der Waals surface area contributed by atoms with Crippen molar-refractivity contribution < 1.29 is 15.1 Å². The summed E-state index contributed by atoms with van der Waals surface area (Å²) in [7, 11) is 0. The van der Waals surface area contributed by atoms with Crippen LogP contribution in [0.2, 0.25) is 0 Å². The van der Waals surface area contributed by atoms with Crippen LogP contribution < -0.4 is 11.1 Å². The molecule has 15 heavy (non-hydrogen) atoms. The van der Waals surface area contributed by atoms with Gasteiger partial charge in [0.2, 0.25) is 0 Å². The van der Waals surface area contributed by atoms with Crippen molar-refractivity contribution in [3.05, 3.63) is 29.3 Å². The number of amides is 1. The predicted molar refractivity (Wildman–Crippen MR) is 55.3 cm³/mol. The molecule has 0 aliphatic heterocycles. The van der Waals surface area contributed by atoms with Crippen LogP contribution in [0.5, 0.6) is 0 Å². The van der Waals surface area contributed by atoms with E-state index in [9.17, 15) is 4.79 Å². The van der Waals surface area contributed by atoms with E-state index >= 15 is 0 Å². The Morgan fingerprint density at radius 2 is 2.20 bits per heavy atom. The molecule has 0 unspecified atom stereocenters. The maximum Gasteiger partial charge on any atom is 0.409 e. The van der Waals surface area contributed by atoms with Gasteiger partial charge < -0.3 is 16.0 Å². The number of carbonyl (C=O) groups is 1. The Morgan fingerprint density at radius 3 is 2.73 bits per heavy atom. The van der Waals surface area contributed by atoms with Crippen LogP contribution in [0.25, 0.3) is 0 Å². The first-order chi connectivity index (χ1) is 7.04. The molecule has 1 aromatic carbocycles. The Hall–Kier alpha value is -2.24. The minimum absolute atomic E-state index is 0.0663. The first-order valence-electron chi connectivity index (χ1n) is 4.13. The van der Waals surface area contributed by atoms with E-state index in [2.05, 4.69) is 10.5 Å². The van der Waals surface area contributed by atoms with Gasteiger partial charge in [0.25, 0.3) is 0 Å². The summed E-state index contributed by atoms with van der Waals surface area (Å²) in [6.45, 7) is 1.75. The predicted octanol–water partition coefficient (Wildman–Crippen LogP) is 1.18. The summed E-state index contributed by atoms with van der Waals surface area (Å²) in [6.07, 6.45) is -1.16. The highest BCUT2D eigenvalue weighted by atomic mass is 16.4. The fourth-order valence-corrected chi connectivity index (χ4v) is 1.09. The number of oxime groups is 1. The van der Waals surface area contributed by atoms with Crippen molar-refractivity contribution in [1.29, 1.82) is 0 Å². The summed E-state index contributed by atoms with van der Waals surface area (Å²) in [5.41, 5.74) is 6.98. The van der Waals surface area contributed by atoms with Crippen LogP contribution in [-0.4, -0.2) is 22.2 Å². The van der Waals surface area contributed by atoms with Gasteiger partial charge in [-0.15, -0.1) is 0 Å². The van der Waals surface area contributed by atoms with Gasteiger partial charge in [0.05, 0.1) is 0 Å². The second-order valence-corrected chi connectivity index (χ2v) is 2.95. The van der Waals surface area contributed by atoms with Gasteiger partial charge in [-0.05, 0) is 18.6 Å². The SMILES string of the molecule is Cc1ccc(/C(N)=N\O)cc1NC(=O)O. The third-order valence-electron chi connectivity index (χ3n) is 1.88. The summed E-state index contributed by atoms with van der Waals surface area (Å²) < 4.78 is 0. The zero-order chi connectivity index (χ0) is 11.4. The van der Waals surface area contributed by atoms with Crippen LogP contribution in [0.4, 0.5) is 10.5 Å². The van der Waals surface area contributed by atoms with E-state index in [0.717, 1.165) is 5.56 Å². The van der Waals surface area contributed by atoms with Crippen LogP contribution in [0, 0.1) is 6.92 Å². The maximum atomic E-state index is 10.4. The second-order valence-electron chi connectivity index (χ2n) is 2.95. The summed E-state index contributed by atoms with van der Waals surface area (Å²) >= 11 is 0. The number of amidine groups is 1. The van der Waals surface area contributed by atoms with Crippen molar-refractivity contribution in [2.24, 2.45) is 10.9 Å². The quantitative estimate of drug-likeness (QED) is 0.254. The lowest BCUT2D eigenvalue weighted by atomic mass is 10.1. The van der Waals surface area contributed by atoms with Gasteiger partial charge in [-0.25, -0.2) is 4.79 Å². The number of hydrogen-bond acceptors (Lipinski definition) is 3. The van der Waals surface area contributed by atoms with E-state index in [-0.39, 0.29) is 5.84 Å². The molecule has 5 N–H and O–H groups in total. The first kappa shape index (κ1) is 10.8. The van der Waals surface area contributed by atoms with E-state index < -0.39 is 6.09 Å². The molecular formula is C9H11N3O3. The normalized spacial score (nSPS) is 11.1. The molecule has 0 bridgehead atoms. The second kappa shape index (κ2) is 4.32. The molecule has 6 nitrogen and oxygen atoms in total. The summed E-state index contributed by atoms with van der Waals surface area (Å²) in [5.74, 6) is -0.0663.